The van der Waals surface area contributed by atoms with Crippen LogP contribution in [0, 0.1) is 6.92 Å². The predicted molar refractivity (Wildman–Crippen MR) is 72.1 cm³/mol. The van der Waals surface area contributed by atoms with Gasteiger partial charge in [0.25, 0.3) is 0 Å². The van der Waals surface area contributed by atoms with Gasteiger partial charge in [0, 0.05) is 23.6 Å². The quantitative estimate of drug-likeness (QED) is 0.820. The molecule has 1 atom stereocenters. The molecule has 2 N–H and O–H groups in total. The Kier molecular flexibility index (Phi) is 5.55. The first kappa shape index (κ1) is 14.6. The first-order chi connectivity index (χ1) is 7.93. The molecular weight excluding hydrogens is 256 g/mol. The molecule has 0 bridgehead atoms. The van der Waals surface area contributed by atoms with Crippen LogP contribution in [-0.2, 0) is 16.3 Å². The van der Waals surface area contributed by atoms with Gasteiger partial charge in [0.05, 0.1) is 16.5 Å². The van der Waals surface area contributed by atoms with E-state index in [1.807, 2.05) is 12.3 Å². The molecule has 1 unspecified atom stereocenters. The smallest absolute Gasteiger partial charge is 0.150 e. The fraction of sp³-hybridized carbons (Fsp3) is 0.727. The standard InChI is InChI=1S/C11H20N2O2S2/c1-3-17(14,15)6-4-5-10(12)7-11-8-16-9(2)13-11/h8,10H,3-7,12H2,1-2H3. The summed E-state index contributed by atoms with van der Waals surface area (Å²) in [6, 6.07) is 0.00329. The fourth-order valence-corrected chi connectivity index (χ4v) is 3.10. The van der Waals surface area contributed by atoms with E-state index in [9.17, 15) is 8.42 Å². The number of nitrogens with two attached hydrogens (primary N) is 1. The number of hydrogen-bond acceptors (Lipinski definition) is 5. The highest BCUT2D eigenvalue weighted by Gasteiger charge is 2.10. The Labute approximate surface area is 107 Å². The molecule has 0 aliphatic carbocycles. The van der Waals surface area contributed by atoms with Gasteiger partial charge >= 0.3 is 0 Å². The van der Waals surface area contributed by atoms with Crippen LogP contribution in [0.4, 0.5) is 0 Å². The SMILES string of the molecule is CCS(=O)(=O)CCCC(N)Cc1csc(C)n1. The lowest BCUT2D eigenvalue weighted by molar-refractivity contribution is 0.572. The Bertz CT molecular complexity index is 440. The molecule has 1 aromatic rings. The van der Waals surface area contributed by atoms with Gasteiger partial charge in [-0.3, -0.25) is 0 Å². The lowest BCUT2D eigenvalue weighted by Gasteiger charge is -2.09. The Hall–Kier alpha value is -0.460. The third-order valence-electron chi connectivity index (χ3n) is 2.61. The lowest BCUT2D eigenvalue weighted by Crippen LogP contribution is -2.24. The monoisotopic (exact) mass is 276 g/mol. The van der Waals surface area contributed by atoms with Crippen LogP contribution in [0.5, 0.6) is 0 Å². The normalized spacial score (nSPS) is 13.8. The van der Waals surface area contributed by atoms with Gasteiger partial charge in [0.2, 0.25) is 0 Å². The molecule has 0 radical (unpaired) electrons. The molecule has 0 aliphatic heterocycles. The summed E-state index contributed by atoms with van der Waals surface area (Å²) in [7, 11) is -2.85. The Balaban J connectivity index is 2.29. The van der Waals surface area contributed by atoms with Crippen molar-refractivity contribution in [3.05, 3.63) is 16.1 Å². The number of aromatic nitrogens is 1. The number of thiazole rings is 1. The van der Waals surface area contributed by atoms with Gasteiger partial charge in [-0.1, -0.05) is 6.92 Å². The van der Waals surface area contributed by atoms with Crippen molar-refractivity contribution in [2.24, 2.45) is 5.73 Å². The van der Waals surface area contributed by atoms with E-state index in [0.717, 1.165) is 23.5 Å². The second kappa shape index (κ2) is 6.47. The van der Waals surface area contributed by atoms with Crippen LogP contribution in [0.25, 0.3) is 0 Å². The molecule has 4 nitrogen and oxygen atoms in total. The zero-order chi connectivity index (χ0) is 12.9. The van der Waals surface area contributed by atoms with Crippen molar-refractivity contribution in [2.75, 3.05) is 11.5 Å². The zero-order valence-corrected chi connectivity index (χ0v) is 12.0. The van der Waals surface area contributed by atoms with E-state index in [0.29, 0.717) is 6.42 Å². The second-order valence-electron chi connectivity index (χ2n) is 4.20. The van der Waals surface area contributed by atoms with Crippen molar-refractivity contribution in [3.8, 4) is 0 Å². The van der Waals surface area contributed by atoms with Gasteiger partial charge in [-0.2, -0.15) is 0 Å². The highest BCUT2D eigenvalue weighted by molar-refractivity contribution is 7.91. The molecule has 0 saturated heterocycles. The summed E-state index contributed by atoms with van der Waals surface area (Å²) in [6.45, 7) is 3.64. The fourth-order valence-electron chi connectivity index (χ4n) is 1.58. The zero-order valence-electron chi connectivity index (χ0n) is 10.3. The molecule has 1 heterocycles. The summed E-state index contributed by atoms with van der Waals surface area (Å²) in [5.41, 5.74) is 6.97. The van der Waals surface area contributed by atoms with Gasteiger partial charge in [-0.25, -0.2) is 13.4 Å². The largest absolute Gasteiger partial charge is 0.327 e. The summed E-state index contributed by atoms with van der Waals surface area (Å²) >= 11 is 1.62. The summed E-state index contributed by atoms with van der Waals surface area (Å²) < 4.78 is 22.6. The molecule has 1 aromatic heterocycles. The molecular formula is C11H20N2O2S2. The third kappa shape index (κ3) is 5.61. The number of rotatable bonds is 7. The van der Waals surface area contributed by atoms with Crippen LogP contribution in [0.3, 0.4) is 0 Å². The van der Waals surface area contributed by atoms with Crippen LogP contribution in [-0.4, -0.2) is 30.9 Å². The summed E-state index contributed by atoms with van der Waals surface area (Å²) in [4.78, 5) is 4.34. The van der Waals surface area contributed by atoms with Gasteiger partial charge in [-0.15, -0.1) is 11.3 Å². The van der Waals surface area contributed by atoms with Crippen molar-refractivity contribution in [1.29, 1.82) is 0 Å². The summed E-state index contributed by atoms with van der Waals surface area (Å²) in [5, 5.41) is 3.05. The van der Waals surface area contributed by atoms with Gasteiger partial charge in [-0.05, 0) is 19.8 Å². The molecule has 6 heteroatoms. The average molecular weight is 276 g/mol. The summed E-state index contributed by atoms with van der Waals surface area (Å²) in [5.74, 6) is 0.459. The molecule has 0 amide bonds. The molecule has 0 spiro atoms. The van der Waals surface area contributed by atoms with Crippen LogP contribution >= 0.6 is 11.3 Å². The van der Waals surface area contributed by atoms with E-state index < -0.39 is 9.84 Å². The van der Waals surface area contributed by atoms with E-state index in [2.05, 4.69) is 4.98 Å². The van der Waals surface area contributed by atoms with E-state index in [4.69, 9.17) is 5.73 Å². The van der Waals surface area contributed by atoms with Crippen molar-refractivity contribution in [2.45, 2.75) is 39.2 Å². The van der Waals surface area contributed by atoms with Crippen LogP contribution in [0.15, 0.2) is 5.38 Å². The van der Waals surface area contributed by atoms with Gasteiger partial charge in [0.1, 0.15) is 9.84 Å². The molecule has 0 fully saturated rings. The minimum absolute atomic E-state index is 0.00329. The average Bonchev–Trinajstić information content (AvgIpc) is 2.63. The Morgan fingerprint density at radius 1 is 1.53 bits per heavy atom. The molecule has 0 aliphatic rings. The predicted octanol–water partition coefficient (Wildman–Crippen LogP) is 1.54. The minimum atomic E-state index is -2.85. The highest BCUT2D eigenvalue weighted by Crippen LogP contribution is 2.11. The first-order valence-electron chi connectivity index (χ1n) is 5.80. The third-order valence-corrected chi connectivity index (χ3v) is 5.22. The molecule has 98 valence electrons. The minimum Gasteiger partial charge on any atom is -0.327 e. The number of aryl methyl sites for hydroxylation is 1. The Morgan fingerprint density at radius 3 is 2.76 bits per heavy atom. The van der Waals surface area contributed by atoms with Crippen molar-refractivity contribution < 1.29 is 8.42 Å². The number of hydrogen-bond donors (Lipinski definition) is 1. The van der Waals surface area contributed by atoms with Crippen molar-refractivity contribution >= 4 is 21.2 Å². The molecule has 1 rings (SSSR count). The number of nitrogens with zero attached hydrogens (tertiary/aromatic N) is 1. The molecule has 0 aromatic carbocycles. The van der Waals surface area contributed by atoms with E-state index in [1.165, 1.54) is 0 Å². The maximum absolute atomic E-state index is 11.3. The lowest BCUT2D eigenvalue weighted by atomic mass is 10.1. The van der Waals surface area contributed by atoms with E-state index in [1.54, 1.807) is 18.3 Å². The van der Waals surface area contributed by atoms with Crippen molar-refractivity contribution in [1.82, 2.24) is 4.98 Å². The maximum Gasteiger partial charge on any atom is 0.150 e. The Morgan fingerprint density at radius 2 is 2.24 bits per heavy atom. The van der Waals surface area contributed by atoms with Crippen LogP contribution in [0.2, 0.25) is 0 Å². The number of sulfone groups is 1. The molecule has 17 heavy (non-hydrogen) atoms. The first-order valence-corrected chi connectivity index (χ1v) is 8.50. The molecule has 0 saturated carbocycles. The van der Waals surface area contributed by atoms with E-state index >= 15 is 0 Å². The van der Waals surface area contributed by atoms with Crippen LogP contribution < -0.4 is 5.73 Å². The van der Waals surface area contributed by atoms with Crippen molar-refractivity contribution in [3.63, 3.8) is 0 Å². The summed E-state index contributed by atoms with van der Waals surface area (Å²) in [6.07, 6.45) is 2.10. The van der Waals surface area contributed by atoms with E-state index in [-0.39, 0.29) is 17.5 Å². The second-order valence-corrected chi connectivity index (χ2v) is 7.74. The maximum atomic E-state index is 11.3. The topological polar surface area (TPSA) is 73.0 Å². The van der Waals surface area contributed by atoms with Gasteiger partial charge < -0.3 is 5.73 Å². The van der Waals surface area contributed by atoms with Gasteiger partial charge in [0.15, 0.2) is 0 Å². The highest BCUT2D eigenvalue weighted by atomic mass is 32.2. The van der Waals surface area contributed by atoms with Crippen LogP contribution in [0.1, 0.15) is 30.5 Å².